The summed E-state index contributed by atoms with van der Waals surface area (Å²) >= 11 is 0. The van der Waals surface area contributed by atoms with Gasteiger partial charge in [0.2, 0.25) is 0 Å². The summed E-state index contributed by atoms with van der Waals surface area (Å²) in [5.41, 5.74) is 1.59. The van der Waals surface area contributed by atoms with Crippen LogP contribution in [0.2, 0.25) is 0 Å². The maximum absolute atomic E-state index is 13.9. The zero-order chi connectivity index (χ0) is 24.6. The van der Waals surface area contributed by atoms with E-state index in [9.17, 15) is 18.0 Å². The minimum Gasteiger partial charge on any atom is -0.469 e. The van der Waals surface area contributed by atoms with Crippen LogP contribution >= 0.6 is 0 Å². The van der Waals surface area contributed by atoms with Crippen molar-refractivity contribution in [2.75, 3.05) is 7.05 Å². The minimum atomic E-state index is -4.68. The number of nitrogens with zero attached hydrogens (tertiary/aromatic N) is 4. The lowest BCUT2D eigenvalue weighted by atomic mass is 10.0. The second-order valence-electron chi connectivity index (χ2n) is 8.51. The highest BCUT2D eigenvalue weighted by atomic mass is 19.4. The first-order valence-electron chi connectivity index (χ1n) is 10.9. The monoisotopic (exact) mass is 470 g/mol. The number of benzene rings is 1. The van der Waals surface area contributed by atoms with E-state index in [-0.39, 0.29) is 23.1 Å². The molecule has 1 amide bonds. The highest BCUT2D eigenvalue weighted by Gasteiger charge is 2.36. The summed E-state index contributed by atoms with van der Waals surface area (Å²) in [4.78, 5) is 18.9. The first kappa shape index (κ1) is 23.5. The third-order valence-electron chi connectivity index (χ3n) is 6.11. The Morgan fingerprint density at radius 2 is 1.91 bits per heavy atom. The maximum Gasteiger partial charge on any atom is 0.433 e. The van der Waals surface area contributed by atoms with E-state index < -0.39 is 17.8 Å². The van der Waals surface area contributed by atoms with Crippen LogP contribution in [-0.2, 0) is 12.6 Å². The number of hydrogen-bond acceptors (Lipinski definition) is 4. The molecule has 1 unspecified atom stereocenters. The van der Waals surface area contributed by atoms with Crippen LogP contribution in [0.3, 0.4) is 0 Å². The number of aromatic nitrogens is 3. The lowest BCUT2D eigenvalue weighted by Crippen LogP contribution is -2.35. The molecule has 0 saturated heterocycles. The van der Waals surface area contributed by atoms with Gasteiger partial charge in [-0.15, -0.1) is 0 Å². The number of carbonyl (C=O) groups excluding carboxylic acids is 1. The third kappa shape index (κ3) is 4.69. The van der Waals surface area contributed by atoms with Gasteiger partial charge in [-0.05, 0) is 62.6 Å². The van der Waals surface area contributed by atoms with E-state index >= 15 is 0 Å². The average Bonchev–Trinajstić information content (AvgIpc) is 3.46. The van der Waals surface area contributed by atoms with Crippen LogP contribution in [0.1, 0.15) is 46.4 Å². The number of alkyl halides is 3. The number of amides is 1. The molecule has 3 aromatic heterocycles. The Morgan fingerprint density at radius 3 is 2.56 bits per heavy atom. The van der Waals surface area contributed by atoms with Crippen molar-refractivity contribution in [3.63, 3.8) is 0 Å². The molecule has 3 heterocycles. The first-order valence-corrected chi connectivity index (χ1v) is 10.9. The second-order valence-corrected chi connectivity index (χ2v) is 8.51. The molecule has 178 valence electrons. The van der Waals surface area contributed by atoms with E-state index in [0.717, 1.165) is 23.0 Å². The molecule has 4 rings (SSSR count). The number of rotatable bonds is 6. The van der Waals surface area contributed by atoms with Crippen LogP contribution in [0.5, 0.6) is 0 Å². The third-order valence-corrected chi connectivity index (χ3v) is 6.11. The van der Waals surface area contributed by atoms with Crippen molar-refractivity contribution in [3.8, 4) is 11.3 Å². The highest BCUT2D eigenvalue weighted by Crippen LogP contribution is 2.33. The van der Waals surface area contributed by atoms with E-state index in [1.165, 1.54) is 11.0 Å². The van der Waals surface area contributed by atoms with Crippen molar-refractivity contribution in [3.05, 3.63) is 77.0 Å². The Labute approximate surface area is 195 Å². The SMILES string of the molecule is Cc1ccc(-c2cc(C(F)(F)F)n3nc(C(=O)N(C)C(C)CCc4ccco4)cc3n2)cc1C. The van der Waals surface area contributed by atoms with Gasteiger partial charge in [0.25, 0.3) is 5.91 Å². The Hall–Kier alpha value is -3.62. The number of furan rings is 1. The molecule has 0 aliphatic heterocycles. The van der Waals surface area contributed by atoms with Gasteiger partial charge >= 0.3 is 6.18 Å². The minimum absolute atomic E-state index is 0.0389. The van der Waals surface area contributed by atoms with E-state index in [1.807, 2.05) is 32.9 Å². The van der Waals surface area contributed by atoms with Crippen molar-refractivity contribution in [2.24, 2.45) is 0 Å². The van der Waals surface area contributed by atoms with Crippen LogP contribution < -0.4 is 0 Å². The number of halogens is 3. The molecule has 0 saturated carbocycles. The maximum atomic E-state index is 13.9. The van der Waals surface area contributed by atoms with Crippen molar-refractivity contribution in [1.29, 1.82) is 0 Å². The van der Waals surface area contributed by atoms with Crippen molar-refractivity contribution >= 4 is 11.6 Å². The largest absolute Gasteiger partial charge is 0.469 e. The Bertz CT molecular complexity index is 1330. The molecule has 6 nitrogen and oxygen atoms in total. The summed E-state index contributed by atoms with van der Waals surface area (Å²) in [6, 6.07) is 11.1. The van der Waals surface area contributed by atoms with E-state index in [2.05, 4.69) is 10.1 Å². The quantitative estimate of drug-likeness (QED) is 0.362. The average molecular weight is 470 g/mol. The fourth-order valence-corrected chi connectivity index (χ4v) is 3.71. The summed E-state index contributed by atoms with van der Waals surface area (Å²) in [6.45, 7) is 5.69. The van der Waals surface area contributed by atoms with Gasteiger partial charge in [-0.3, -0.25) is 4.79 Å². The van der Waals surface area contributed by atoms with Crippen LogP contribution in [0.15, 0.2) is 53.1 Å². The number of aryl methyl sites for hydroxylation is 3. The van der Waals surface area contributed by atoms with Gasteiger partial charge in [0, 0.05) is 31.1 Å². The summed E-state index contributed by atoms with van der Waals surface area (Å²) < 4.78 is 47.7. The fourth-order valence-electron chi connectivity index (χ4n) is 3.71. The standard InChI is InChI=1S/C25H25F3N4O2/c1-15-7-9-18(12-16(15)2)20-13-22(25(26,27)28)32-23(29-20)14-21(30-32)24(33)31(4)17(3)8-10-19-6-5-11-34-19/h5-7,9,11-14,17H,8,10H2,1-4H3. The zero-order valence-electron chi connectivity index (χ0n) is 19.3. The summed E-state index contributed by atoms with van der Waals surface area (Å²) in [5.74, 6) is 0.330. The molecule has 1 atom stereocenters. The molecule has 34 heavy (non-hydrogen) atoms. The molecular formula is C25H25F3N4O2. The van der Waals surface area contributed by atoms with E-state index in [1.54, 1.807) is 31.5 Å². The second kappa shape index (κ2) is 8.96. The normalized spacial score (nSPS) is 12.8. The summed E-state index contributed by atoms with van der Waals surface area (Å²) in [7, 11) is 1.61. The summed E-state index contributed by atoms with van der Waals surface area (Å²) in [6.07, 6.45) is -1.82. The van der Waals surface area contributed by atoms with Gasteiger partial charge in [0.1, 0.15) is 5.76 Å². The number of hydrogen-bond donors (Lipinski definition) is 0. The van der Waals surface area contributed by atoms with E-state index in [0.29, 0.717) is 22.9 Å². The number of carbonyl (C=O) groups is 1. The first-order chi connectivity index (χ1) is 16.0. The molecule has 9 heteroatoms. The zero-order valence-corrected chi connectivity index (χ0v) is 19.3. The van der Waals surface area contributed by atoms with Crippen LogP contribution in [0.4, 0.5) is 13.2 Å². The molecule has 0 N–H and O–H groups in total. The van der Waals surface area contributed by atoms with Gasteiger partial charge in [-0.2, -0.15) is 18.3 Å². The Kier molecular flexibility index (Phi) is 6.20. The van der Waals surface area contributed by atoms with Crippen molar-refractivity contribution in [2.45, 2.75) is 45.8 Å². The Morgan fingerprint density at radius 1 is 1.15 bits per heavy atom. The fraction of sp³-hybridized carbons (Fsp3) is 0.320. The molecule has 1 aromatic carbocycles. The van der Waals surface area contributed by atoms with Gasteiger partial charge in [0.05, 0.1) is 12.0 Å². The van der Waals surface area contributed by atoms with Crippen LogP contribution in [0, 0.1) is 13.8 Å². The molecule has 0 bridgehead atoms. The predicted octanol–water partition coefficient (Wildman–Crippen LogP) is 5.72. The lowest BCUT2D eigenvalue weighted by Gasteiger charge is -2.23. The Balaban J connectivity index is 1.67. The van der Waals surface area contributed by atoms with Gasteiger partial charge in [-0.1, -0.05) is 12.1 Å². The molecule has 0 aliphatic rings. The van der Waals surface area contributed by atoms with Crippen molar-refractivity contribution < 1.29 is 22.4 Å². The van der Waals surface area contributed by atoms with Crippen LogP contribution in [-0.4, -0.2) is 38.5 Å². The topological polar surface area (TPSA) is 63.6 Å². The predicted molar refractivity (Wildman–Crippen MR) is 121 cm³/mol. The van der Waals surface area contributed by atoms with E-state index in [4.69, 9.17) is 4.42 Å². The number of fused-ring (bicyclic) bond motifs is 1. The lowest BCUT2D eigenvalue weighted by molar-refractivity contribution is -0.142. The molecule has 0 spiro atoms. The molecular weight excluding hydrogens is 445 g/mol. The van der Waals surface area contributed by atoms with Crippen molar-refractivity contribution in [1.82, 2.24) is 19.5 Å². The summed E-state index contributed by atoms with van der Waals surface area (Å²) in [5, 5.41) is 3.98. The van der Waals surface area contributed by atoms with Gasteiger partial charge < -0.3 is 9.32 Å². The van der Waals surface area contributed by atoms with Gasteiger partial charge in [-0.25, -0.2) is 9.50 Å². The molecule has 0 radical (unpaired) electrons. The molecule has 0 aliphatic carbocycles. The molecule has 4 aromatic rings. The molecule has 0 fully saturated rings. The smallest absolute Gasteiger partial charge is 0.433 e. The highest BCUT2D eigenvalue weighted by molar-refractivity contribution is 5.93. The van der Waals surface area contributed by atoms with Crippen LogP contribution in [0.25, 0.3) is 16.9 Å². The van der Waals surface area contributed by atoms with Gasteiger partial charge in [0.15, 0.2) is 17.0 Å².